The molecule has 2 heterocycles. The number of H-pyrrole nitrogens is 1. The van der Waals surface area contributed by atoms with Crippen LogP contribution < -0.4 is 0 Å². The first-order valence-electron chi connectivity index (χ1n) is 9.82. The summed E-state index contributed by atoms with van der Waals surface area (Å²) in [6.07, 6.45) is 1.77. The lowest BCUT2D eigenvalue weighted by atomic mass is 10.0. The third-order valence-corrected chi connectivity index (χ3v) is 4.51. The van der Waals surface area contributed by atoms with Crippen LogP contribution in [0.2, 0.25) is 0 Å². The van der Waals surface area contributed by atoms with E-state index < -0.39 is 23.8 Å². The maximum Gasteiger partial charge on any atom is 0.327 e. The van der Waals surface area contributed by atoms with Crippen molar-refractivity contribution in [2.24, 2.45) is 0 Å². The Morgan fingerprint density at radius 2 is 1.45 bits per heavy atom. The van der Waals surface area contributed by atoms with Gasteiger partial charge in [-0.05, 0) is 23.8 Å². The summed E-state index contributed by atoms with van der Waals surface area (Å²) in [7, 11) is 0. The summed E-state index contributed by atoms with van der Waals surface area (Å²) in [5, 5.41) is 10.5. The Hall–Kier alpha value is -3.41. The van der Waals surface area contributed by atoms with Crippen LogP contribution in [0.1, 0.15) is 54.0 Å². The van der Waals surface area contributed by atoms with Gasteiger partial charge in [-0.2, -0.15) is 0 Å². The van der Waals surface area contributed by atoms with Gasteiger partial charge in [0, 0.05) is 23.5 Å². The van der Waals surface area contributed by atoms with E-state index in [0.717, 1.165) is 21.4 Å². The predicted molar refractivity (Wildman–Crippen MR) is 113 cm³/mol. The Kier molecular flexibility index (Phi) is 7.31. The van der Waals surface area contributed by atoms with Gasteiger partial charge in [-0.3, -0.25) is 14.5 Å². The van der Waals surface area contributed by atoms with Crippen LogP contribution in [-0.2, 0) is 11.2 Å². The molecular weight excluding hydrogens is 368 g/mol. The first-order chi connectivity index (χ1) is 14.1. The van der Waals surface area contributed by atoms with Crippen LogP contribution in [0.25, 0.3) is 10.9 Å². The number of carboxylic acid groups (broad SMARTS) is 1. The summed E-state index contributed by atoms with van der Waals surface area (Å²) < 4.78 is 0. The molecule has 1 aromatic heterocycles. The average Bonchev–Trinajstić information content (AvgIpc) is 3.28. The average molecular weight is 394 g/mol. The molecule has 152 valence electrons. The summed E-state index contributed by atoms with van der Waals surface area (Å²) in [5.41, 5.74) is 2.12. The van der Waals surface area contributed by atoms with Crippen LogP contribution >= 0.6 is 0 Å². The van der Waals surface area contributed by atoms with E-state index in [1.165, 1.54) is 0 Å². The number of amides is 2. The van der Waals surface area contributed by atoms with Crippen molar-refractivity contribution in [1.82, 2.24) is 9.88 Å². The molecule has 4 rings (SSSR count). The van der Waals surface area contributed by atoms with Crippen LogP contribution in [-0.4, -0.2) is 38.8 Å². The molecule has 0 bridgehead atoms. The molecule has 0 spiro atoms. The van der Waals surface area contributed by atoms with E-state index in [9.17, 15) is 19.5 Å². The lowest BCUT2D eigenvalue weighted by molar-refractivity contribution is -0.141. The van der Waals surface area contributed by atoms with E-state index in [0.29, 0.717) is 0 Å². The topological polar surface area (TPSA) is 90.5 Å². The molecule has 29 heavy (non-hydrogen) atoms. The largest absolute Gasteiger partial charge is 0.480 e. The molecule has 1 aliphatic rings. The zero-order chi connectivity index (χ0) is 21.6. The number of hydrogen-bond acceptors (Lipinski definition) is 3. The minimum absolute atomic E-state index is 0.0464. The molecule has 2 aromatic carbocycles. The Labute approximate surface area is 170 Å². The maximum atomic E-state index is 12.6. The number of carbonyl (C=O) groups is 3. The van der Waals surface area contributed by atoms with E-state index in [-0.39, 0.29) is 17.5 Å². The van der Waals surface area contributed by atoms with E-state index in [2.05, 4.69) is 4.98 Å². The number of nitrogens with one attached hydrogen (secondary N) is 1. The number of aliphatic carboxylic acids is 1. The number of nitrogens with zero attached hydrogens (tertiary/aromatic N) is 1. The summed E-state index contributed by atoms with van der Waals surface area (Å²) in [6.45, 7) is 8.00. The number of para-hydroxylation sites is 1. The Morgan fingerprint density at radius 3 is 2.00 bits per heavy atom. The number of carbonyl (C=O) groups excluding carboxylic acids is 2. The smallest absolute Gasteiger partial charge is 0.327 e. The van der Waals surface area contributed by atoms with Crippen LogP contribution in [0.3, 0.4) is 0 Å². The van der Waals surface area contributed by atoms with Gasteiger partial charge in [0.25, 0.3) is 11.8 Å². The molecule has 0 aliphatic carbocycles. The second-order valence-corrected chi connectivity index (χ2v) is 5.94. The second kappa shape index (κ2) is 9.68. The fourth-order valence-electron chi connectivity index (χ4n) is 3.29. The molecule has 6 heteroatoms. The van der Waals surface area contributed by atoms with Gasteiger partial charge in [-0.1, -0.05) is 58.0 Å². The number of imide groups is 1. The fraction of sp³-hybridized carbons (Fsp3) is 0.261. The van der Waals surface area contributed by atoms with E-state index in [1.807, 2.05) is 52.0 Å². The Balaban J connectivity index is 0.000000707. The van der Waals surface area contributed by atoms with Crippen molar-refractivity contribution in [2.75, 3.05) is 0 Å². The van der Waals surface area contributed by atoms with Gasteiger partial charge in [-0.25, -0.2) is 4.79 Å². The number of aromatic amines is 1. The van der Waals surface area contributed by atoms with Crippen molar-refractivity contribution in [3.63, 3.8) is 0 Å². The molecular formula is C23H26N2O4. The highest BCUT2D eigenvalue weighted by molar-refractivity contribution is 6.22. The van der Waals surface area contributed by atoms with Gasteiger partial charge >= 0.3 is 5.97 Å². The fourth-order valence-corrected chi connectivity index (χ4v) is 3.29. The predicted octanol–water partition coefficient (Wildman–Crippen LogP) is 4.51. The van der Waals surface area contributed by atoms with E-state index in [1.54, 1.807) is 30.5 Å². The van der Waals surface area contributed by atoms with Gasteiger partial charge in [0.1, 0.15) is 6.04 Å². The monoisotopic (exact) mass is 394 g/mol. The Morgan fingerprint density at radius 1 is 0.931 bits per heavy atom. The first-order valence-corrected chi connectivity index (χ1v) is 9.82. The molecule has 2 N–H and O–H groups in total. The first kappa shape index (κ1) is 21.9. The highest BCUT2D eigenvalue weighted by Gasteiger charge is 2.42. The van der Waals surface area contributed by atoms with Crippen molar-refractivity contribution in [3.05, 3.63) is 71.4 Å². The Bertz CT molecular complexity index is 987. The minimum atomic E-state index is -1.26. The zero-order valence-electron chi connectivity index (χ0n) is 17.1. The van der Waals surface area contributed by atoms with Crippen molar-refractivity contribution < 1.29 is 19.5 Å². The summed E-state index contributed by atoms with van der Waals surface area (Å²) in [4.78, 5) is 40.9. The highest BCUT2D eigenvalue weighted by Crippen LogP contribution is 2.27. The van der Waals surface area contributed by atoms with Gasteiger partial charge in [0.2, 0.25) is 0 Å². The molecule has 3 aromatic rings. The molecule has 0 saturated heterocycles. The van der Waals surface area contributed by atoms with E-state index >= 15 is 0 Å². The molecule has 0 radical (unpaired) electrons. The van der Waals surface area contributed by atoms with Crippen molar-refractivity contribution in [2.45, 2.75) is 40.2 Å². The van der Waals surface area contributed by atoms with Gasteiger partial charge in [-0.15, -0.1) is 0 Å². The van der Waals surface area contributed by atoms with Crippen molar-refractivity contribution in [1.29, 1.82) is 0 Å². The number of fused-ring (bicyclic) bond motifs is 2. The highest BCUT2D eigenvalue weighted by atomic mass is 16.4. The molecule has 1 aliphatic heterocycles. The standard InChI is InChI=1S/C19H14N2O4.2C2H6/c22-17-13-6-1-2-7-14(13)18(23)21(17)16(19(24)25)9-11-10-20-15-8-4-3-5-12(11)15;2*1-2/h1-8,10,16,20H,9H2,(H,24,25);2*1-2H3/t16-;;/m0../s1. The van der Waals surface area contributed by atoms with Gasteiger partial charge in [0.15, 0.2) is 0 Å². The minimum Gasteiger partial charge on any atom is -0.480 e. The quantitative estimate of drug-likeness (QED) is 0.637. The van der Waals surface area contributed by atoms with E-state index in [4.69, 9.17) is 0 Å². The molecule has 0 saturated carbocycles. The third kappa shape index (κ3) is 4.06. The number of benzene rings is 2. The van der Waals surface area contributed by atoms with Crippen LogP contribution in [0, 0.1) is 0 Å². The number of hydrogen-bond donors (Lipinski definition) is 2. The summed E-state index contributed by atoms with van der Waals surface area (Å²) >= 11 is 0. The molecule has 2 amide bonds. The maximum absolute atomic E-state index is 12.6. The van der Waals surface area contributed by atoms with Gasteiger partial charge in [0.05, 0.1) is 11.1 Å². The van der Waals surface area contributed by atoms with Crippen LogP contribution in [0.5, 0.6) is 0 Å². The SMILES string of the molecule is CC.CC.O=C(O)[C@H](Cc1c[nH]c2ccccc12)N1C(=O)c2ccccc2C1=O. The van der Waals surface area contributed by atoms with Crippen molar-refractivity contribution >= 4 is 28.7 Å². The molecule has 0 unspecified atom stereocenters. The van der Waals surface area contributed by atoms with Crippen LogP contribution in [0.4, 0.5) is 0 Å². The molecule has 1 atom stereocenters. The number of aromatic nitrogens is 1. The normalized spacial score (nSPS) is 13.2. The lowest BCUT2D eigenvalue weighted by Gasteiger charge is -2.22. The summed E-state index contributed by atoms with van der Waals surface area (Å²) in [6, 6.07) is 12.6. The molecule has 6 nitrogen and oxygen atoms in total. The third-order valence-electron chi connectivity index (χ3n) is 4.51. The second-order valence-electron chi connectivity index (χ2n) is 5.94. The zero-order valence-corrected chi connectivity index (χ0v) is 17.1. The van der Waals surface area contributed by atoms with Gasteiger partial charge < -0.3 is 10.1 Å². The van der Waals surface area contributed by atoms with Crippen LogP contribution in [0.15, 0.2) is 54.7 Å². The summed E-state index contributed by atoms with van der Waals surface area (Å²) in [5.74, 6) is -2.33. The lowest BCUT2D eigenvalue weighted by Crippen LogP contribution is -2.46. The number of rotatable bonds is 4. The van der Waals surface area contributed by atoms with Crippen molar-refractivity contribution in [3.8, 4) is 0 Å². The number of carboxylic acids is 1. The molecule has 0 fully saturated rings.